The highest BCUT2D eigenvalue weighted by Gasteiger charge is 2.21. The number of furan rings is 1. The quantitative estimate of drug-likeness (QED) is 0.198. The second-order valence-electron chi connectivity index (χ2n) is 12.4. The number of benzene rings is 8. The molecule has 48 heavy (non-hydrogen) atoms. The Labute approximate surface area is 277 Å². The Morgan fingerprint density at radius 2 is 1.08 bits per heavy atom. The summed E-state index contributed by atoms with van der Waals surface area (Å²) in [4.78, 5) is 5.47. The highest BCUT2D eigenvalue weighted by molar-refractivity contribution is 6.19. The summed E-state index contributed by atoms with van der Waals surface area (Å²) >= 11 is 0. The lowest BCUT2D eigenvalue weighted by atomic mass is 9.97. The molecule has 10 rings (SSSR count). The van der Waals surface area contributed by atoms with Gasteiger partial charge in [0.15, 0.2) is 0 Å². The lowest BCUT2D eigenvalue weighted by Gasteiger charge is -2.17. The largest absolute Gasteiger partial charge is 0.456 e. The molecule has 0 aliphatic rings. The van der Waals surface area contributed by atoms with Gasteiger partial charge < -0.3 is 4.42 Å². The van der Waals surface area contributed by atoms with Gasteiger partial charge in [0.2, 0.25) is 0 Å². The number of rotatable bonds is 4. The van der Waals surface area contributed by atoms with Crippen molar-refractivity contribution < 1.29 is 4.42 Å². The molecule has 0 unspecified atom stereocenters. The van der Waals surface area contributed by atoms with E-state index in [0.717, 1.165) is 66.6 Å². The van der Waals surface area contributed by atoms with Crippen molar-refractivity contribution in [3.8, 4) is 39.3 Å². The van der Waals surface area contributed by atoms with E-state index in [1.807, 2.05) is 0 Å². The first-order valence-corrected chi connectivity index (χ1v) is 16.3. The minimum absolute atomic E-state index is 0.871. The zero-order valence-corrected chi connectivity index (χ0v) is 26.0. The first-order chi connectivity index (χ1) is 23.8. The summed E-state index contributed by atoms with van der Waals surface area (Å²) in [6.45, 7) is 0. The van der Waals surface area contributed by atoms with Gasteiger partial charge in [0.25, 0.3) is 0 Å². The van der Waals surface area contributed by atoms with Crippen LogP contribution in [0.2, 0.25) is 0 Å². The van der Waals surface area contributed by atoms with E-state index >= 15 is 0 Å². The summed E-state index contributed by atoms with van der Waals surface area (Å²) in [7, 11) is 0. The van der Waals surface area contributed by atoms with Crippen molar-refractivity contribution in [2.45, 2.75) is 0 Å². The van der Waals surface area contributed by atoms with Crippen LogP contribution in [0.4, 0.5) is 0 Å². The summed E-state index contributed by atoms with van der Waals surface area (Å²) < 4.78 is 8.74. The Balaban J connectivity index is 1.30. The van der Waals surface area contributed by atoms with E-state index in [4.69, 9.17) is 9.40 Å². The van der Waals surface area contributed by atoms with Crippen LogP contribution in [-0.4, -0.2) is 9.55 Å². The number of nitrogens with zero attached hydrogens (tertiary/aromatic N) is 2. The van der Waals surface area contributed by atoms with Crippen LogP contribution in [0, 0.1) is 0 Å². The van der Waals surface area contributed by atoms with Crippen molar-refractivity contribution in [3.63, 3.8) is 0 Å². The minimum Gasteiger partial charge on any atom is -0.456 e. The molecule has 0 amide bonds. The van der Waals surface area contributed by atoms with Gasteiger partial charge in [0.05, 0.1) is 16.7 Å². The molecule has 2 heterocycles. The normalized spacial score (nSPS) is 11.8. The molecule has 3 heteroatoms. The molecule has 0 atom stereocenters. The Morgan fingerprint density at radius 1 is 0.438 bits per heavy atom. The maximum Gasteiger partial charge on any atom is 0.145 e. The average Bonchev–Trinajstić information content (AvgIpc) is 3.74. The fraction of sp³-hybridized carbons (Fsp3) is 0. The van der Waals surface area contributed by atoms with Crippen molar-refractivity contribution in [2.75, 3.05) is 0 Å². The molecule has 8 aromatic carbocycles. The van der Waals surface area contributed by atoms with Crippen LogP contribution >= 0.6 is 0 Å². The van der Waals surface area contributed by atoms with Crippen LogP contribution in [0.1, 0.15) is 0 Å². The molecule has 10 aromatic rings. The third kappa shape index (κ3) is 4.11. The second kappa shape index (κ2) is 10.5. The maximum absolute atomic E-state index is 6.39. The lowest BCUT2D eigenvalue weighted by molar-refractivity contribution is 0.669. The summed E-state index contributed by atoms with van der Waals surface area (Å²) in [6, 6.07) is 60.2. The highest BCUT2D eigenvalue weighted by atomic mass is 16.3. The average molecular weight is 613 g/mol. The third-order valence-electron chi connectivity index (χ3n) is 9.60. The van der Waals surface area contributed by atoms with Crippen molar-refractivity contribution >= 4 is 54.5 Å². The summed E-state index contributed by atoms with van der Waals surface area (Å²) in [5, 5.41) is 6.92. The molecule has 0 N–H and O–H groups in total. The molecule has 0 bridgehead atoms. The van der Waals surface area contributed by atoms with E-state index in [0.29, 0.717) is 0 Å². The monoisotopic (exact) mass is 612 g/mol. The Bertz CT molecular complexity index is 2830. The van der Waals surface area contributed by atoms with Crippen LogP contribution in [-0.2, 0) is 0 Å². The zero-order chi connectivity index (χ0) is 31.6. The Kier molecular flexibility index (Phi) is 5.87. The third-order valence-corrected chi connectivity index (χ3v) is 9.60. The molecular formula is C45H28N2O. The van der Waals surface area contributed by atoms with Crippen molar-refractivity contribution in [1.29, 1.82) is 0 Å². The number of hydrogen-bond donors (Lipinski definition) is 0. The summed E-state index contributed by atoms with van der Waals surface area (Å²) in [6.07, 6.45) is 0. The second-order valence-corrected chi connectivity index (χ2v) is 12.4. The van der Waals surface area contributed by atoms with E-state index in [1.54, 1.807) is 0 Å². The van der Waals surface area contributed by atoms with Crippen molar-refractivity contribution in [3.05, 3.63) is 170 Å². The molecule has 0 saturated heterocycles. The Morgan fingerprint density at radius 3 is 1.90 bits per heavy atom. The van der Waals surface area contributed by atoms with Gasteiger partial charge in [-0.25, -0.2) is 4.98 Å². The molecular weight excluding hydrogens is 585 g/mol. The smallest absolute Gasteiger partial charge is 0.145 e. The number of imidazole rings is 1. The number of aromatic nitrogens is 2. The minimum atomic E-state index is 0.871. The number of fused-ring (bicyclic) bond motifs is 8. The SMILES string of the molecule is c1ccc(-c2ccc(-n3c(-c4ccc5oc6ccc7ccccc7c6c5c4)nc4c5ccccc5ccc43)c(-c3ccccc3)c2)cc1. The van der Waals surface area contributed by atoms with E-state index < -0.39 is 0 Å². The van der Waals surface area contributed by atoms with Gasteiger partial charge in [-0.1, -0.05) is 127 Å². The van der Waals surface area contributed by atoms with E-state index in [-0.39, 0.29) is 0 Å². The highest BCUT2D eigenvalue weighted by Crippen LogP contribution is 2.41. The molecule has 0 fully saturated rings. The molecule has 224 valence electrons. The van der Waals surface area contributed by atoms with Gasteiger partial charge in [0, 0.05) is 27.3 Å². The van der Waals surface area contributed by atoms with Gasteiger partial charge in [0.1, 0.15) is 17.0 Å². The fourth-order valence-electron chi connectivity index (χ4n) is 7.33. The lowest BCUT2D eigenvalue weighted by Crippen LogP contribution is -2.01. The molecule has 2 aromatic heterocycles. The van der Waals surface area contributed by atoms with Crippen LogP contribution in [0.25, 0.3) is 93.8 Å². The van der Waals surface area contributed by atoms with E-state index in [1.165, 1.54) is 27.3 Å². The van der Waals surface area contributed by atoms with E-state index in [2.05, 4.69) is 174 Å². The molecule has 0 radical (unpaired) electrons. The first kappa shape index (κ1) is 26.7. The van der Waals surface area contributed by atoms with Crippen LogP contribution in [0.15, 0.2) is 174 Å². The predicted octanol–water partition coefficient (Wildman–Crippen LogP) is 12.2. The standard InChI is InChI=1S/C45H28N2O/c1-3-11-29(12-4-1)33-20-23-39(37(27-33)30-13-5-2-6-14-30)47-40-24-19-32-16-8-10-18-36(32)44(40)46-45(47)34-22-25-41-38(28-34)43-35-17-9-7-15-31(35)21-26-42(43)48-41/h1-28H. The fourth-order valence-corrected chi connectivity index (χ4v) is 7.33. The molecule has 0 saturated carbocycles. The zero-order valence-electron chi connectivity index (χ0n) is 26.0. The molecule has 0 aliphatic carbocycles. The molecule has 0 aliphatic heterocycles. The van der Waals surface area contributed by atoms with Crippen molar-refractivity contribution in [2.24, 2.45) is 0 Å². The van der Waals surface area contributed by atoms with Crippen LogP contribution in [0.5, 0.6) is 0 Å². The van der Waals surface area contributed by atoms with E-state index in [9.17, 15) is 0 Å². The number of hydrogen-bond acceptors (Lipinski definition) is 2. The van der Waals surface area contributed by atoms with Gasteiger partial charge in [-0.2, -0.15) is 0 Å². The summed E-state index contributed by atoms with van der Waals surface area (Å²) in [5.41, 5.74) is 10.6. The Hall–Kier alpha value is -6.45. The van der Waals surface area contributed by atoms with Gasteiger partial charge >= 0.3 is 0 Å². The topological polar surface area (TPSA) is 31.0 Å². The first-order valence-electron chi connectivity index (χ1n) is 16.3. The van der Waals surface area contributed by atoms with Crippen LogP contribution < -0.4 is 0 Å². The predicted molar refractivity (Wildman–Crippen MR) is 200 cm³/mol. The van der Waals surface area contributed by atoms with Gasteiger partial charge in [-0.05, 0) is 75.3 Å². The maximum atomic E-state index is 6.39. The summed E-state index contributed by atoms with van der Waals surface area (Å²) in [5.74, 6) is 0.891. The molecule has 3 nitrogen and oxygen atoms in total. The van der Waals surface area contributed by atoms with Gasteiger partial charge in [-0.3, -0.25) is 4.57 Å². The molecule has 0 spiro atoms. The van der Waals surface area contributed by atoms with Crippen molar-refractivity contribution in [1.82, 2.24) is 9.55 Å². The van der Waals surface area contributed by atoms with Gasteiger partial charge in [-0.15, -0.1) is 0 Å². The van der Waals surface area contributed by atoms with Crippen LogP contribution in [0.3, 0.4) is 0 Å².